The summed E-state index contributed by atoms with van der Waals surface area (Å²) in [5.74, 6) is -1.88. The molecule has 0 aliphatic rings. The molecule has 0 saturated heterocycles. The van der Waals surface area contributed by atoms with Gasteiger partial charge in [-0.1, -0.05) is 17.7 Å². The van der Waals surface area contributed by atoms with Crippen molar-refractivity contribution in [1.82, 2.24) is 5.32 Å². The average Bonchev–Trinajstić information content (AvgIpc) is 2.42. The van der Waals surface area contributed by atoms with E-state index >= 15 is 0 Å². The van der Waals surface area contributed by atoms with Crippen LogP contribution in [0.4, 0.5) is 14.5 Å². The molecule has 0 saturated carbocycles. The van der Waals surface area contributed by atoms with Gasteiger partial charge in [-0.05, 0) is 43.4 Å². The second-order valence-electron chi connectivity index (χ2n) is 4.40. The van der Waals surface area contributed by atoms with Gasteiger partial charge in [0.05, 0.1) is 5.69 Å². The van der Waals surface area contributed by atoms with Crippen molar-refractivity contribution < 1.29 is 13.6 Å². The predicted octanol–water partition coefficient (Wildman–Crippen LogP) is 3.40. The maximum atomic E-state index is 13.4. The van der Waals surface area contributed by atoms with Crippen molar-refractivity contribution in [2.24, 2.45) is 0 Å². The van der Waals surface area contributed by atoms with Crippen LogP contribution in [0.25, 0.3) is 0 Å². The van der Waals surface area contributed by atoms with E-state index in [0.29, 0.717) is 5.56 Å². The SMILES string of the molecule is Cc1ccc(C(=O)NC(=S)Nc2ccc(F)cc2F)cc1. The Hall–Kier alpha value is -2.34. The highest BCUT2D eigenvalue weighted by Gasteiger charge is 2.10. The summed E-state index contributed by atoms with van der Waals surface area (Å²) in [5.41, 5.74) is 1.45. The maximum absolute atomic E-state index is 13.4. The Morgan fingerprint density at radius 1 is 1.10 bits per heavy atom. The molecule has 6 heteroatoms. The third-order valence-electron chi connectivity index (χ3n) is 2.72. The molecule has 0 bridgehead atoms. The van der Waals surface area contributed by atoms with Crippen molar-refractivity contribution in [3.8, 4) is 0 Å². The van der Waals surface area contributed by atoms with Crippen molar-refractivity contribution in [3.63, 3.8) is 0 Å². The monoisotopic (exact) mass is 306 g/mol. The number of carbonyl (C=O) groups excluding carboxylic acids is 1. The zero-order valence-corrected chi connectivity index (χ0v) is 11.9. The fraction of sp³-hybridized carbons (Fsp3) is 0.0667. The van der Waals surface area contributed by atoms with Crippen LogP contribution in [-0.4, -0.2) is 11.0 Å². The second kappa shape index (κ2) is 6.41. The fourth-order valence-corrected chi connectivity index (χ4v) is 1.83. The molecule has 0 aromatic heterocycles. The van der Waals surface area contributed by atoms with Crippen molar-refractivity contribution >= 4 is 28.9 Å². The van der Waals surface area contributed by atoms with Crippen molar-refractivity contribution in [1.29, 1.82) is 0 Å². The quantitative estimate of drug-likeness (QED) is 0.836. The Bertz CT molecular complexity index is 687. The number of thiocarbonyl (C=S) groups is 1. The summed E-state index contributed by atoms with van der Waals surface area (Å²) in [4.78, 5) is 11.9. The lowest BCUT2D eigenvalue weighted by atomic mass is 10.1. The van der Waals surface area contributed by atoms with Crippen molar-refractivity contribution in [3.05, 3.63) is 65.2 Å². The fourth-order valence-electron chi connectivity index (χ4n) is 1.62. The van der Waals surface area contributed by atoms with Gasteiger partial charge < -0.3 is 5.32 Å². The lowest BCUT2D eigenvalue weighted by Gasteiger charge is -2.10. The number of anilines is 1. The highest BCUT2D eigenvalue weighted by atomic mass is 32.1. The lowest BCUT2D eigenvalue weighted by Crippen LogP contribution is -2.34. The van der Waals surface area contributed by atoms with Crippen molar-refractivity contribution in [2.75, 3.05) is 5.32 Å². The molecule has 2 rings (SSSR count). The Balaban J connectivity index is 2.01. The van der Waals surface area contributed by atoms with Crippen LogP contribution in [0.3, 0.4) is 0 Å². The molecule has 0 aliphatic carbocycles. The van der Waals surface area contributed by atoms with Crippen LogP contribution in [-0.2, 0) is 0 Å². The molecule has 0 aliphatic heterocycles. The predicted molar refractivity (Wildman–Crippen MR) is 81.2 cm³/mol. The van der Waals surface area contributed by atoms with Gasteiger partial charge in [-0.15, -0.1) is 0 Å². The molecule has 2 aromatic carbocycles. The largest absolute Gasteiger partial charge is 0.330 e. The van der Waals surface area contributed by atoms with Gasteiger partial charge in [0.1, 0.15) is 11.6 Å². The third kappa shape index (κ3) is 4.06. The van der Waals surface area contributed by atoms with Crippen molar-refractivity contribution in [2.45, 2.75) is 6.92 Å². The maximum Gasteiger partial charge on any atom is 0.257 e. The van der Waals surface area contributed by atoms with E-state index in [2.05, 4.69) is 10.6 Å². The standard InChI is InChI=1S/C15H12F2N2OS/c1-9-2-4-10(5-3-9)14(20)19-15(21)18-13-7-6-11(16)8-12(13)17/h2-8H,1H3,(H2,18,19,20,21). The molecule has 108 valence electrons. The molecule has 3 nitrogen and oxygen atoms in total. The molecular formula is C15H12F2N2OS. The first-order valence-corrected chi connectivity index (χ1v) is 6.50. The second-order valence-corrected chi connectivity index (χ2v) is 4.81. The van der Waals surface area contributed by atoms with Crippen LogP contribution < -0.4 is 10.6 Å². The number of halogens is 2. The van der Waals surface area contributed by atoms with Gasteiger partial charge in [-0.25, -0.2) is 8.78 Å². The zero-order valence-electron chi connectivity index (χ0n) is 11.1. The molecule has 2 aromatic rings. The summed E-state index contributed by atoms with van der Waals surface area (Å²) in [6.07, 6.45) is 0. The summed E-state index contributed by atoms with van der Waals surface area (Å²) >= 11 is 4.93. The molecule has 0 unspecified atom stereocenters. The number of hydrogen-bond donors (Lipinski definition) is 2. The summed E-state index contributed by atoms with van der Waals surface area (Å²) < 4.78 is 26.2. The number of rotatable bonds is 2. The molecule has 0 heterocycles. The molecule has 0 spiro atoms. The van der Waals surface area contributed by atoms with E-state index in [4.69, 9.17) is 12.2 Å². The minimum absolute atomic E-state index is 0.00870. The molecule has 2 N–H and O–H groups in total. The Labute approximate surface area is 126 Å². The topological polar surface area (TPSA) is 41.1 Å². The smallest absolute Gasteiger partial charge is 0.257 e. The molecular weight excluding hydrogens is 294 g/mol. The van der Waals surface area contributed by atoms with Crippen LogP contribution in [0, 0.1) is 18.6 Å². The first-order chi connectivity index (χ1) is 9.95. The number of aryl methyl sites for hydroxylation is 1. The summed E-state index contributed by atoms with van der Waals surface area (Å²) in [6, 6.07) is 9.94. The number of carbonyl (C=O) groups is 1. The first-order valence-electron chi connectivity index (χ1n) is 6.10. The van der Waals surface area contributed by atoms with E-state index in [1.807, 2.05) is 6.92 Å². The Morgan fingerprint density at radius 3 is 2.38 bits per heavy atom. The number of benzene rings is 2. The van der Waals surface area contributed by atoms with E-state index in [-0.39, 0.29) is 10.8 Å². The van der Waals surface area contributed by atoms with E-state index in [1.165, 1.54) is 6.07 Å². The van der Waals surface area contributed by atoms with Gasteiger partial charge in [-0.3, -0.25) is 10.1 Å². The Kier molecular flexibility index (Phi) is 4.59. The normalized spacial score (nSPS) is 10.0. The Morgan fingerprint density at radius 2 is 1.76 bits per heavy atom. The summed E-state index contributed by atoms with van der Waals surface area (Å²) in [5, 5.41) is 4.87. The molecule has 0 atom stereocenters. The van der Waals surface area contributed by atoms with Gasteiger partial charge in [0.15, 0.2) is 5.11 Å². The highest BCUT2D eigenvalue weighted by molar-refractivity contribution is 7.80. The molecule has 1 amide bonds. The van der Waals surface area contributed by atoms with Crippen LogP contribution in [0.15, 0.2) is 42.5 Å². The number of amides is 1. The highest BCUT2D eigenvalue weighted by Crippen LogP contribution is 2.14. The third-order valence-corrected chi connectivity index (χ3v) is 2.92. The molecule has 0 fully saturated rings. The van der Waals surface area contributed by atoms with Gasteiger partial charge in [0.25, 0.3) is 5.91 Å². The summed E-state index contributed by atoms with van der Waals surface area (Å²) in [7, 11) is 0. The first kappa shape index (κ1) is 15.1. The molecule has 0 radical (unpaired) electrons. The van der Waals surface area contributed by atoms with Crippen LogP contribution >= 0.6 is 12.2 Å². The minimum Gasteiger partial charge on any atom is -0.330 e. The van der Waals surface area contributed by atoms with Gasteiger partial charge in [0, 0.05) is 11.6 Å². The van der Waals surface area contributed by atoms with Crippen LogP contribution in [0.1, 0.15) is 15.9 Å². The van der Waals surface area contributed by atoms with Crippen LogP contribution in [0.2, 0.25) is 0 Å². The van der Waals surface area contributed by atoms with Gasteiger partial charge >= 0.3 is 0 Å². The summed E-state index contributed by atoms with van der Waals surface area (Å²) in [6.45, 7) is 1.91. The van der Waals surface area contributed by atoms with E-state index < -0.39 is 17.5 Å². The zero-order chi connectivity index (χ0) is 15.4. The minimum atomic E-state index is -0.790. The van der Waals surface area contributed by atoms with E-state index in [0.717, 1.165) is 17.7 Å². The number of nitrogens with one attached hydrogen (secondary N) is 2. The van der Waals surface area contributed by atoms with Crippen LogP contribution in [0.5, 0.6) is 0 Å². The van der Waals surface area contributed by atoms with E-state index in [1.54, 1.807) is 24.3 Å². The van der Waals surface area contributed by atoms with Gasteiger partial charge in [-0.2, -0.15) is 0 Å². The average molecular weight is 306 g/mol. The lowest BCUT2D eigenvalue weighted by molar-refractivity contribution is 0.0977. The molecule has 21 heavy (non-hydrogen) atoms. The number of hydrogen-bond acceptors (Lipinski definition) is 2. The van der Waals surface area contributed by atoms with Gasteiger partial charge in [0.2, 0.25) is 0 Å². The van der Waals surface area contributed by atoms with E-state index in [9.17, 15) is 13.6 Å².